The van der Waals surface area contributed by atoms with Crippen molar-refractivity contribution in [1.29, 1.82) is 0 Å². The molecule has 0 spiro atoms. The Morgan fingerprint density at radius 3 is 2.70 bits per heavy atom. The molecule has 0 atom stereocenters. The van der Waals surface area contributed by atoms with Crippen molar-refractivity contribution in [2.45, 2.75) is 13.5 Å². The fourth-order valence-electron chi connectivity index (χ4n) is 3.74. The summed E-state index contributed by atoms with van der Waals surface area (Å²) in [4.78, 5) is 14.4. The molecule has 3 aromatic heterocycles. The molecule has 0 saturated carbocycles. The SMILES string of the molecule is Cc1cnnc(-c2cc(Cl)cc(Nc3ccc(CN=Nc4ncc(F)c(N5CCOCC5)n4)nc3)c2)c1. The van der Waals surface area contributed by atoms with Gasteiger partial charge in [0.25, 0.3) is 5.95 Å². The van der Waals surface area contributed by atoms with E-state index in [9.17, 15) is 4.39 Å². The number of benzene rings is 1. The van der Waals surface area contributed by atoms with Crippen LogP contribution in [0.25, 0.3) is 11.3 Å². The van der Waals surface area contributed by atoms with Gasteiger partial charge in [-0.2, -0.15) is 20.3 Å². The number of hydrogen-bond acceptors (Lipinski definition) is 10. The van der Waals surface area contributed by atoms with Gasteiger partial charge in [0.15, 0.2) is 11.6 Å². The number of nitrogens with zero attached hydrogens (tertiary/aromatic N) is 8. The van der Waals surface area contributed by atoms with Crippen LogP contribution in [0, 0.1) is 12.7 Å². The van der Waals surface area contributed by atoms with E-state index in [1.54, 1.807) is 12.4 Å². The first-order valence-corrected chi connectivity index (χ1v) is 12.0. The number of hydrogen-bond donors (Lipinski definition) is 1. The molecule has 0 amide bonds. The van der Waals surface area contributed by atoms with E-state index in [-0.39, 0.29) is 18.3 Å². The molecule has 1 fully saturated rings. The maximum atomic E-state index is 14.2. The highest BCUT2D eigenvalue weighted by atomic mass is 35.5. The molecule has 1 aromatic carbocycles. The lowest BCUT2D eigenvalue weighted by Gasteiger charge is -2.27. The average molecular weight is 520 g/mol. The number of nitrogens with one attached hydrogen (secondary N) is 1. The first kappa shape index (κ1) is 24.6. The van der Waals surface area contributed by atoms with E-state index in [0.29, 0.717) is 37.0 Å². The molecule has 0 bridgehead atoms. The first-order valence-electron chi connectivity index (χ1n) is 11.6. The molecular weight excluding hydrogens is 497 g/mol. The monoisotopic (exact) mass is 519 g/mol. The van der Waals surface area contributed by atoms with Gasteiger partial charge in [-0.05, 0) is 48.9 Å². The van der Waals surface area contributed by atoms with E-state index in [2.05, 4.69) is 40.7 Å². The predicted octanol–water partition coefficient (Wildman–Crippen LogP) is 5.29. The number of ether oxygens (including phenoxy) is 1. The topological polar surface area (TPSA) is 114 Å². The molecule has 1 N–H and O–H groups in total. The Morgan fingerprint density at radius 2 is 1.92 bits per heavy atom. The Hall–Kier alpha value is -4.09. The summed E-state index contributed by atoms with van der Waals surface area (Å²) in [7, 11) is 0. The Kier molecular flexibility index (Phi) is 7.52. The van der Waals surface area contributed by atoms with Crippen molar-refractivity contribution >= 4 is 34.7 Å². The third kappa shape index (κ3) is 6.38. The lowest BCUT2D eigenvalue weighted by molar-refractivity contribution is 0.122. The number of aromatic nitrogens is 5. The van der Waals surface area contributed by atoms with Crippen LogP contribution in [0.3, 0.4) is 0 Å². The van der Waals surface area contributed by atoms with Crippen LogP contribution in [-0.2, 0) is 11.3 Å². The van der Waals surface area contributed by atoms with Gasteiger partial charge in [-0.1, -0.05) is 11.6 Å². The number of rotatable bonds is 7. The number of anilines is 3. The maximum Gasteiger partial charge on any atom is 0.270 e. The summed E-state index contributed by atoms with van der Waals surface area (Å²) in [6.45, 7) is 4.36. The highest BCUT2D eigenvalue weighted by Gasteiger charge is 2.17. The summed E-state index contributed by atoms with van der Waals surface area (Å²) in [5.41, 5.74) is 4.89. The first-order chi connectivity index (χ1) is 18.0. The summed E-state index contributed by atoms with van der Waals surface area (Å²) in [6.07, 6.45) is 4.51. The van der Waals surface area contributed by atoms with E-state index in [1.807, 2.05) is 48.2 Å². The lowest BCUT2D eigenvalue weighted by atomic mass is 10.1. The van der Waals surface area contributed by atoms with Gasteiger partial charge in [-0.15, -0.1) is 5.11 Å². The minimum Gasteiger partial charge on any atom is -0.378 e. The average Bonchev–Trinajstić information content (AvgIpc) is 2.91. The second-order valence-corrected chi connectivity index (χ2v) is 8.79. The van der Waals surface area contributed by atoms with Crippen molar-refractivity contribution in [2.75, 3.05) is 36.5 Å². The third-order valence-corrected chi connectivity index (χ3v) is 5.73. The molecule has 0 aliphatic carbocycles. The summed E-state index contributed by atoms with van der Waals surface area (Å²) < 4.78 is 19.5. The van der Waals surface area contributed by atoms with Crippen molar-refractivity contribution in [1.82, 2.24) is 25.1 Å². The minimum absolute atomic E-state index is 0.0937. The molecule has 0 radical (unpaired) electrons. The van der Waals surface area contributed by atoms with Gasteiger partial charge in [-0.25, -0.2) is 9.37 Å². The number of pyridine rings is 1. The van der Waals surface area contributed by atoms with Crippen LogP contribution in [0.15, 0.2) is 65.2 Å². The highest BCUT2D eigenvalue weighted by Crippen LogP contribution is 2.28. The molecule has 10 nitrogen and oxygen atoms in total. The van der Waals surface area contributed by atoms with Crippen molar-refractivity contribution in [3.8, 4) is 11.3 Å². The molecule has 1 aliphatic heterocycles. The van der Waals surface area contributed by atoms with Gasteiger partial charge in [0.1, 0.15) is 6.54 Å². The molecule has 37 heavy (non-hydrogen) atoms. The Morgan fingerprint density at radius 1 is 1.05 bits per heavy atom. The minimum atomic E-state index is -0.496. The standard InChI is InChI=1S/C25H23ClFN9O/c1-16-8-23(34-30-12-16)17-9-18(26)11-21(10-17)32-20-3-2-19(28-13-20)14-31-35-25-29-15-22(27)24(33-25)36-4-6-37-7-5-36/h2-3,8-13,15,32H,4-7,14H2,1H3. The van der Waals surface area contributed by atoms with Crippen molar-refractivity contribution in [3.05, 3.63) is 77.1 Å². The molecule has 0 unspecified atom stereocenters. The van der Waals surface area contributed by atoms with E-state index in [1.165, 1.54) is 0 Å². The van der Waals surface area contributed by atoms with Crippen LogP contribution in [0.2, 0.25) is 5.02 Å². The van der Waals surface area contributed by atoms with Crippen molar-refractivity contribution < 1.29 is 9.13 Å². The summed E-state index contributed by atoms with van der Waals surface area (Å²) in [5, 5.41) is 20.3. The maximum absolute atomic E-state index is 14.2. The van der Waals surface area contributed by atoms with Crippen LogP contribution in [-0.4, -0.2) is 51.5 Å². The summed E-state index contributed by atoms with van der Waals surface area (Å²) in [5.74, 6) is -0.195. The Bertz CT molecular complexity index is 1410. The van der Waals surface area contributed by atoms with Crippen molar-refractivity contribution in [2.24, 2.45) is 10.2 Å². The van der Waals surface area contributed by atoms with E-state index in [0.717, 1.165) is 34.4 Å². The molecule has 5 rings (SSSR count). The molecule has 4 heterocycles. The van der Waals surface area contributed by atoms with Crippen LogP contribution >= 0.6 is 11.6 Å². The normalized spacial score (nSPS) is 13.8. The van der Waals surface area contributed by atoms with Crippen LogP contribution in [0.4, 0.5) is 27.5 Å². The number of aryl methyl sites for hydroxylation is 1. The van der Waals surface area contributed by atoms with E-state index >= 15 is 0 Å². The van der Waals surface area contributed by atoms with E-state index < -0.39 is 5.82 Å². The van der Waals surface area contributed by atoms with Crippen molar-refractivity contribution in [3.63, 3.8) is 0 Å². The fourth-order valence-corrected chi connectivity index (χ4v) is 3.97. The van der Waals surface area contributed by atoms with Gasteiger partial charge in [-0.3, -0.25) is 4.98 Å². The van der Waals surface area contributed by atoms with E-state index in [4.69, 9.17) is 16.3 Å². The quantitative estimate of drug-likeness (QED) is 0.327. The Balaban J connectivity index is 1.23. The molecule has 1 saturated heterocycles. The zero-order valence-electron chi connectivity index (χ0n) is 20.0. The molecule has 188 valence electrons. The van der Waals surface area contributed by atoms with Crippen LogP contribution < -0.4 is 10.2 Å². The predicted molar refractivity (Wildman–Crippen MR) is 138 cm³/mol. The summed E-state index contributed by atoms with van der Waals surface area (Å²) in [6, 6.07) is 11.3. The third-order valence-electron chi connectivity index (χ3n) is 5.51. The smallest absolute Gasteiger partial charge is 0.270 e. The van der Waals surface area contributed by atoms with Gasteiger partial charge in [0.2, 0.25) is 0 Å². The molecular formula is C25H23ClFN9O. The Labute approximate surface area is 217 Å². The second kappa shape index (κ2) is 11.3. The van der Waals surface area contributed by atoms with Crippen LogP contribution in [0.5, 0.6) is 0 Å². The zero-order chi connectivity index (χ0) is 25.6. The summed E-state index contributed by atoms with van der Waals surface area (Å²) >= 11 is 6.34. The molecule has 1 aliphatic rings. The zero-order valence-corrected chi connectivity index (χ0v) is 20.7. The number of halogens is 2. The van der Waals surface area contributed by atoms with Gasteiger partial charge >= 0.3 is 0 Å². The number of azo groups is 1. The molecule has 12 heteroatoms. The van der Waals surface area contributed by atoms with Gasteiger partial charge < -0.3 is 15.0 Å². The van der Waals surface area contributed by atoms with Crippen LogP contribution in [0.1, 0.15) is 11.3 Å². The fraction of sp³-hybridized carbons (Fsp3) is 0.240. The highest BCUT2D eigenvalue weighted by molar-refractivity contribution is 6.31. The number of morpholine rings is 1. The van der Waals surface area contributed by atoms with Gasteiger partial charge in [0, 0.05) is 29.4 Å². The second-order valence-electron chi connectivity index (χ2n) is 8.35. The molecule has 4 aromatic rings. The lowest BCUT2D eigenvalue weighted by Crippen LogP contribution is -2.37. The largest absolute Gasteiger partial charge is 0.378 e. The van der Waals surface area contributed by atoms with Gasteiger partial charge in [0.05, 0.1) is 48.9 Å².